The minimum atomic E-state index is -0.901. The van der Waals surface area contributed by atoms with E-state index in [1.807, 2.05) is 6.07 Å². The number of benzene rings is 1. The van der Waals surface area contributed by atoms with E-state index in [2.05, 4.69) is 18.8 Å². The quantitative estimate of drug-likeness (QED) is 0.178. The molecule has 9 heteroatoms. The summed E-state index contributed by atoms with van der Waals surface area (Å²) < 4.78 is 18.8. The molecule has 1 amide bonds. The summed E-state index contributed by atoms with van der Waals surface area (Å²) in [6, 6.07) is 13.3. The molecule has 202 valence electrons. The van der Waals surface area contributed by atoms with Crippen LogP contribution in [0.3, 0.4) is 0 Å². The number of hydrogen-bond acceptors (Lipinski definition) is 7. The second-order valence-electron chi connectivity index (χ2n) is 9.92. The molecule has 0 spiro atoms. The molecule has 3 aromatic heterocycles. The number of fused-ring (bicyclic) bond motifs is 1. The number of nitrogens with zero attached hydrogens (tertiary/aromatic N) is 3. The Bertz CT molecular complexity index is 1550. The number of amides is 1. The predicted molar refractivity (Wildman–Crippen MR) is 144 cm³/mol. The maximum atomic E-state index is 13.5. The Morgan fingerprint density at radius 3 is 2.67 bits per heavy atom. The van der Waals surface area contributed by atoms with Crippen molar-refractivity contribution in [3.63, 3.8) is 0 Å². The Kier molecular flexibility index (Phi) is 7.15. The van der Waals surface area contributed by atoms with Gasteiger partial charge in [-0.2, -0.15) is 0 Å². The number of ether oxygens (including phenoxy) is 2. The van der Waals surface area contributed by atoms with E-state index in [1.165, 1.54) is 18.3 Å². The number of imidazole rings is 1. The zero-order valence-electron chi connectivity index (χ0n) is 22.4. The van der Waals surface area contributed by atoms with Crippen molar-refractivity contribution < 1.29 is 28.6 Å². The number of Topliss-reactive ketones (excluding diaryl/α,β-unsaturated/α-hetero) is 1. The van der Waals surface area contributed by atoms with Crippen LogP contribution < -0.4 is 9.47 Å². The molecule has 1 saturated heterocycles. The van der Waals surface area contributed by atoms with Gasteiger partial charge in [0.15, 0.2) is 17.3 Å². The average Bonchev–Trinajstić information content (AvgIpc) is 3.61. The normalized spacial score (nSPS) is 16.9. The van der Waals surface area contributed by atoms with Crippen LogP contribution in [0.15, 0.2) is 71.0 Å². The number of carbonyl (C=O) groups excluding carboxylic acids is 2. The Hall–Kier alpha value is -4.53. The first-order chi connectivity index (χ1) is 18.8. The van der Waals surface area contributed by atoms with Gasteiger partial charge in [-0.05, 0) is 61.2 Å². The number of hydrogen-bond donors (Lipinski definition) is 1. The number of carbonyl (C=O) groups is 2. The lowest BCUT2D eigenvalue weighted by atomic mass is 9.95. The van der Waals surface area contributed by atoms with Crippen molar-refractivity contribution in [2.45, 2.75) is 39.8 Å². The van der Waals surface area contributed by atoms with E-state index in [-0.39, 0.29) is 17.9 Å². The van der Waals surface area contributed by atoms with Gasteiger partial charge in [-0.25, -0.2) is 4.98 Å². The Morgan fingerprint density at radius 1 is 1.13 bits per heavy atom. The SMILES string of the molecule is COc1cc(C2C(=C(O)c3c(C)nc4ccccn34)C(=O)C(=O)N2Cc2ccco2)ccc1OCCC(C)C. The number of ketones is 1. The molecule has 1 aromatic carbocycles. The zero-order valence-corrected chi connectivity index (χ0v) is 22.4. The molecule has 4 aromatic rings. The van der Waals surface area contributed by atoms with Crippen molar-refractivity contribution >= 4 is 23.1 Å². The summed E-state index contributed by atoms with van der Waals surface area (Å²) in [4.78, 5) is 32.8. The molecule has 0 bridgehead atoms. The standard InChI is InChI=1S/C30H31N3O6/c1-18(2)12-15-39-22-11-10-20(16-23(22)37-4)27-25(29(35)30(36)33(27)17-21-8-7-14-38-21)28(34)26-19(3)31-24-9-5-6-13-32(24)26/h5-11,13-14,16,18,27,34H,12,15,17H2,1-4H3. The fourth-order valence-electron chi connectivity index (χ4n) is 4.86. The van der Waals surface area contributed by atoms with Crippen molar-refractivity contribution in [1.29, 1.82) is 0 Å². The van der Waals surface area contributed by atoms with Crippen molar-refractivity contribution in [3.05, 3.63) is 89.3 Å². The van der Waals surface area contributed by atoms with Crippen LogP contribution in [0.4, 0.5) is 0 Å². The molecule has 39 heavy (non-hydrogen) atoms. The minimum absolute atomic E-state index is 0.0316. The topological polar surface area (TPSA) is 107 Å². The summed E-state index contributed by atoms with van der Waals surface area (Å²) in [5, 5.41) is 11.6. The molecule has 1 aliphatic rings. The monoisotopic (exact) mass is 529 g/mol. The van der Waals surface area contributed by atoms with Crippen LogP contribution in [-0.2, 0) is 16.1 Å². The first-order valence-electron chi connectivity index (χ1n) is 12.9. The van der Waals surface area contributed by atoms with Gasteiger partial charge in [-0.1, -0.05) is 26.0 Å². The summed E-state index contributed by atoms with van der Waals surface area (Å²) in [6.45, 7) is 6.56. The average molecular weight is 530 g/mol. The number of aryl methyl sites for hydroxylation is 1. The van der Waals surface area contributed by atoms with Gasteiger partial charge in [-0.15, -0.1) is 0 Å². The number of aromatic nitrogens is 2. The molecule has 1 N–H and O–H groups in total. The minimum Gasteiger partial charge on any atom is -0.505 e. The van der Waals surface area contributed by atoms with Gasteiger partial charge in [0.25, 0.3) is 11.7 Å². The molecule has 0 aliphatic carbocycles. The van der Waals surface area contributed by atoms with Gasteiger partial charge in [0.05, 0.1) is 43.8 Å². The highest BCUT2D eigenvalue weighted by Crippen LogP contribution is 2.43. The third-order valence-electron chi connectivity index (χ3n) is 6.83. The first kappa shape index (κ1) is 26.1. The number of aliphatic hydroxyl groups is 1. The number of aliphatic hydroxyl groups excluding tert-OH is 1. The number of methoxy groups -OCH3 is 1. The maximum absolute atomic E-state index is 13.5. The second-order valence-corrected chi connectivity index (χ2v) is 9.92. The zero-order chi connectivity index (χ0) is 27.7. The lowest BCUT2D eigenvalue weighted by Crippen LogP contribution is -2.29. The molecular formula is C30H31N3O6. The third-order valence-corrected chi connectivity index (χ3v) is 6.83. The van der Waals surface area contributed by atoms with Gasteiger partial charge in [0.1, 0.15) is 17.1 Å². The van der Waals surface area contributed by atoms with Crippen LogP contribution in [-0.4, -0.2) is 44.8 Å². The summed E-state index contributed by atoms with van der Waals surface area (Å²) in [7, 11) is 1.54. The van der Waals surface area contributed by atoms with E-state index in [4.69, 9.17) is 13.9 Å². The Balaban J connectivity index is 1.65. The molecule has 0 radical (unpaired) electrons. The van der Waals surface area contributed by atoms with Crippen molar-refractivity contribution in [3.8, 4) is 11.5 Å². The van der Waals surface area contributed by atoms with Crippen LogP contribution >= 0.6 is 0 Å². The van der Waals surface area contributed by atoms with Crippen LogP contribution in [0.25, 0.3) is 11.4 Å². The van der Waals surface area contributed by atoms with Gasteiger partial charge >= 0.3 is 0 Å². The highest BCUT2D eigenvalue weighted by Gasteiger charge is 2.47. The summed E-state index contributed by atoms with van der Waals surface area (Å²) in [6.07, 6.45) is 4.15. The summed E-state index contributed by atoms with van der Waals surface area (Å²) in [5.74, 6) is 0.195. The molecule has 1 fully saturated rings. The highest BCUT2D eigenvalue weighted by atomic mass is 16.5. The van der Waals surface area contributed by atoms with Gasteiger partial charge in [-0.3, -0.25) is 14.0 Å². The van der Waals surface area contributed by atoms with Gasteiger partial charge in [0, 0.05) is 6.20 Å². The van der Waals surface area contributed by atoms with E-state index in [1.54, 1.807) is 60.0 Å². The maximum Gasteiger partial charge on any atom is 0.296 e. The predicted octanol–water partition coefficient (Wildman–Crippen LogP) is 5.29. The lowest BCUT2D eigenvalue weighted by Gasteiger charge is -2.25. The van der Waals surface area contributed by atoms with E-state index >= 15 is 0 Å². The molecule has 1 unspecified atom stereocenters. The molecule has 5 rings (SSSR count). The largest absolute Gasteiger partial charge is 0.505 e. The number of furan rings is 1. The van der Waals surface area contributed by atoms with E-state index in [0.717, 1.165) is 6.42 Å². The highest BCUT2D eigenvalue weighted by molar-refractivity contribution is 6.46. The fraction of sp³-hybridized carbons (Fsp3) is 0.300. The third kappa shape index (κ3) is 4.87. The Morgan fingerprint density at radius 2 is 1.95 bits per heavy atom. The second kappa shape index (κ2) is 10.7. The van der Waals surface area contributed by atoms with Crippen molar-refractivity contribution in [2.24, 2.45) is 5.92 Å². The number of rotatable bonds is 9. The van der Waals surface area contributed by atoms with Gasteiger partial charge in [0.2, 0.25) is 0 Å². The summed E-state index contributed by atoms with van der Waals surface area (Å²) in [5.41, 5.74) is 2.05. The van der Waals surface area contributed by atoms with Crippen molar-refractivity contribution in [2.75, 3.05) is 13.7 Å². The molecule has 0 saturated carbocycles. The number of likely N-dealkylation sites (tertiary alicyclic amines) is 1. The van der Waals surface area contributed by atoms with Crippen molar-refractivity contribution in [1.82, 2.24) is 14.3 Å². The van der Waals surface area contributed by atoms with Crippen LogP contribution in [0.1, 0.15) is 49.0 Å². The van der Waals surface area contributed by atoms with Crippen LogP contribution in [0.5, 0.6) is 11.5 Å². The fourth-order valence-corrected chi connectivity index (χ4v) is 4.86. The van der Waals surface area contributed by atoms with Crippen LogP contribution in [0.2, 0.25) is 0 Å². The van der Waals surface area contributed by atoms with E-state index in [0.29, 0.717) is 52.4 Å². The first-order valence-corrected chi connectivity index (χ1v) is 12.9. The smallest absolute Gasteiger partial charge is 0.296 e. The summed E-state index contributed by atoms with van der Waals surface area (Å²) >= 11 is 0. The Labute approximate surface area is 226 Å². The molecule has 9 nitrogen and oxygen atoms in total. The van der Waals surface area contributed by atoms with Gasteiger partial charge < -0.3 is 23.9 Å². The lowest BCUT2D eigenvalue weighted by molar-refractivity contribution is -0.140. The number of pyridine rings is 1. The van der Waals surface area contributed by atoms with E-state index < -0.39 is 17.7 Å². The molecule has 1 atom stereocenters. The molecular weight excluding hydrogens is 498 g/mol. The van der Waals surface area contributed by atoms with E-state index in [9.17, 15) is 14.7 Å². The molecule has 4 heterocycles. The van der Waals surface area contributed by atoms with Crippen LogP contribution in [0, 0.1) is 12.8 Å². The molecule has 1 aliphatic heterocycles.